The Kier molecular flexibility index (Phi) is 3.99. The van der Waals surface area contributed by atoms with Crippen molar-refractivity contribution in [2.75, 3.05) is 25.0 Å². The summed E-state index contributed by atoms with van der Waals surface area (Å²) in [7, 11) is 1.81. The first kappa shape index (κ1) is 14.8. The lowest BCUT2D eigenvalue weighted by molar-refractivity contribution is -0.136. The summed E-state index contributed by atoms with van der Waals surface area (Å²) < 4.78 is 5.66. The van der Waals surface area contributed by atoms with Gasteiger partial charge >= 0.3 is 6.01 Å². The van der Waals surface area contributed by atoms with Crippen molar-refractivity contribution >= 4 is 11.9 Å². The zero-order chi connectivity index (χ0) is 14.9. The number of hydrogen-bond acceptors (Lipinski definition) is 6. The molecule has 7 nitrogen and oxygen atoms in total. The first-order chi connectivity index (χ1) is 9.32. The summed E-state index contributed by atoms with van der Waals surface area (Å²) in [6, 6.07) is 0.768. The highest BCUT2D eigenvalue weighted by Crippen LogP contribution is 2.27. The minimum atomic E-state index is -0.664. The topological polar surface area (TPSA) is 74.5 Å². The standard InChI is InChI=1S/C13H23N5O2/c1-9(2)14-8-10-15-16-12(20-10)18-7-6-17(5)11(19)13(18,3)4/h9,14H,6-8H2,1-5H3. The van der Waals surface area contributed by atoms with Crippen LogP contribution in [-0.4, -0.2) is 52.7 Å². The van der Waals surface area contributed by atoms with E-state index in [2.05, 4.69) is 29.4 Å². The molecule has 1 N–H and O–H groups in total. The first-order valence-corrected chi connectivity index (χ1v) is 6.91. The second-order valence-corrected chi connectivity index (χ2v) is 5.95. The maximum atomic E-state index is 12.2. The van der Waals surface area contributed by atoms with Crippen molar-refractivity contribution in [1.29, 1.82) is 0 Å². The van der Waals surface area contributed by atoms with Crippen LogP contribution in [0, 0.1) is 0 Å². The third-order valence-electron chi connectivity index (χ3n) is 3.55. The molecule has 1 aliphatic heterocycles. The smallest absolute Gasteiger partial charge is 0.319 e. The van der Waals surface area contributed by atoms with Gasteiger partial charge in [-0.1, -0.05) is 18.9 Å². The number of carbonyl (C=O) groups is 1. The first-order valence-electron chi connectivity index (χ1n) is 6.91. The van der Waals surface area contributed by atoms with Crippen LogP contribution in [0.4, 0.5) is 6.01 Å². The van der Waals surface area contributed by atoms with E-state index in [1.54, 1.807) is 4.90 Å². The number of anilines is 1. The number of carbonyl (C=O) groups excluding carboxylic acids is 1. The molecule has 0 atom stereocenters. The lowest BCUT2D eigenvalue weighted by atomic mass is 9.98. The second kappa shape index (κ2) is 5.40. The molecule has 0 aromatic carbocycles. The number of amides is 1. The Labute approximate surface area is 119 Å². The molecule has 20 heavy (non-hydrogen) atoms. The van der Waals surface area contributed by atoms with Crippen molar-refractivity contribution in [3.8, 4) is 0 Å². The van der Waals surface area contributed by atoms with Gasteiger partial charge in [0.1, 0.15) is 5.54 Å². The minimum Gasteiger partial charge on any atom is -0.407 e. The predicted octanol–water partition coefficient (Wildman–Crippen LogP) is 0.625. The molecule has 0 saturated carbocycles. The van der Waals surface area contributed by atoms with Crippen LogP contribution in [-0.2, 0) is 11.3 Å². The van der Waals surface area contributed by atoms with Crippen molar-refractivity contribution in [1.82, 2.24) is 20.4 Å². The molecule has 0 bridgehead atoms. The molecule has 1 aromatic heterocycles. The summed E-state index contributed by atoms with van der Waals surface area (Å²) in [6.07, 6.45) is 0. The summed E-state index contributed by atoms with van der Waals surface area (Å²) in [6.45, 7) is 9.74. The number of nitrogens with one attached hydrogen (secondary N) is 1. The summed E-state index contributed by atoms with van der Waals surface area (Å²) in [5.41, 5.74) is -0.664. The van der Waals surface area contributed by atoms with E-state index in [1.807, 2.05) is 25.8 Å². The van der Waals surface area contributed by atoms with Crippen LogP contribution in [0.3, 0.4) is 0 Å². The zero-order valence-electron chi connectivity index (χ0n) is 12.8. The predicted molar refractivity (Wildman–Crippen MR) is 75.3 cm³/mol. The van der Waals surface area contributed by atoms with Crippen LogP contribution in [0.5, 0.6) is 0 Å². The molecule has 112 valence electrons. The van der Waals surface area contributed by atoms with Crippen molar-refractivity contribution in [3.05, 3.63) is 5.89 Å². The van der Waals surface area contributed by atoms with Gasteiger partial charge < -0.3 is 19.5 Å². The quantitative estimate of drug-likeness (QED) is 0.872. The second-order valence-electron chi connectivity index (χ2n) is 5.95. The molecule has 1 aromatic rings. The monoisotopic (exact) mass is 281 g/mol. The molecule has 1 amide bonds. The Morgan fingerprint density at radius 1 is 1.35 bits per heavy atom. The zero-order valence-corrected chi connectivity index (χ0v) is 12.8. The highest BCUT2D eigenvalue weighted by atomic mass is 16.4. The molecule has 7 heteroatoms. The summed E-state index contributed by atoms with van der Waals surface area (Å²) in [4.78, 5) is 15.8. The SMILES string of the molecule is CC(C)NCc1nnc(N2CCN(C)C(=O)C2(C)C)o1. The van der Waals surface area contributed by atoms with Crippen LogP contribution in [0.1, 0.15) is 33.6 Å². The number of aromatic nitrogens is 2. The average molecular weight is 281 g/mol. The van der Waals surface area contributed by atoms with E-state index in [9.17, 15) is 4.79 Å². The van der Waals surface area contributed by atoms with Gasteiger partial charge in [-0.05, 0) is 13.8 Å². The lowest BCUT2D eigenvalue weighted by Crippen LogP contribution is -2.62. The lowest BCUT2D eigenvalue weighted by Gasteiger charge is -2.43. The number of piperazine rings is 1. The van der Waals surface area contributed by atoms with E-state index >= 15 is 0 Å². The largest absolute Gasteiger partial charge is 0.407 e. The van der Waals surface area contributed by atoms with Gasteiger partial charge in [-0.25, -0.2) is 0 Å². The summed E-state index contributed by atoms with van der Waals surface area (Å²) in [5.74, 6) is 0.597. The van der Waals surface area contributed by atoms with E-state index in [1.165, 1.54) is 0 Å². The highest BCUT2D eigenvalue weighted by Gasteiger charge is 2.42. The molecule has 0 aliphatic carbocycles. The van der Waals surface area contributed by atoms with Gasteiger partial charge in [-0.15, -0.1) is 5.10 Å². The summed E-state index contributed by atoms with van der Waals surface area (Å²) >= 11 is 0. The molecule has 2 rings (SSSR count). The maximum Gasteiger partial charge on any atom is 0.319 e. The Balaban J connectivity index is 2.13. The van der Waals surface area contributed by atoms with E-state index in [4.69, 9.17) is 4.42 Å². The minimum absolute atomic E-state index is 0.0591. The van der Waals surface area contributed by atoms with Crippen LogP contribution in [0.2, 0.25) is 0 Å². The van der Waals surface area contributed by atoms with Gasteiger partial charge in [0, 0.05) is 26.2 Å². The van der Waals surface area contributed by atoms with E-state index in [0.717, 1.165) is 0 Å². The fourth-order valence-electron chi connectivity index (χ4n) is 2.27. The number of hydrogen-bond donors (Lipinski definition) is 1. The molecular weight excluding hydrogens is 258 g/mol. The summed E-state index contributed by atoms with van der Waals surface area (Å²) in [5, 5.41) is 11.3. The maximum absolute atomic E-state index is 12.2. The molecule has 0 radical (unpaired) electrons. The third kappa shape index (κ3) is 2.77. The Hall–Kier alpha value is -1.63. The Bertz CT molecular complexity index is 483. The molecule has 0 unspecified atom stereocenters. The Morgan fingerprint density at radius 2 is 2.05 bits per heavy atom. The van der Waals surface area contributed by atoms with E-state index in [-0.39, 0.29) is 5.91 Å². The number of likely N-dealkylation sites (N-methyl/N-ethyl adjacent to an activating group) is 1. The van der Waals surface area contributed by atoms with E-state index < -0.39 is 5.54 Å². The number of rotatable bonds is 4. The van der Waals surface area contributed by atoms with Crippen LogP contribution in [0.25, 0.3) is 0 Å². The average Bonchev–Trinajstić information content (AvgIpc) is 2.82. The van der Waals surface area contributed by atoms with Crippen LogP contribution >= 0.6 is 0 Å². The fraction of sp³-hybridized carbons (Fsp3) is 0.769. The van der Waals surface area contributed by atoms with Crippen molar-refractivity contribution < 1.29 is 9.21 Å². The van der Waals surface area contributed by atoms with E-state index in [0.29, 0.717) is 37.6 Å². The van der Waals surface area contributed by atoms with Crippen molar-refractivity contribution in [3.63, 3.8) is 0 Å². The molecule has 1 aliphatic rings. The molecule has 2 heterocycles. The molecule has 1 saturated heterocycles. The van der Waals surface area contributed by atoms with Crippen LogP contribution < -0.4 is 10.2 Å². The van der Waals surface area contributed by atoms with Gasteiger partial charge in [0.05, 0.1) is 6.54 Å². The van der Waals surface area contributed by atoms with Gasteiger partial charge in [-0.3, -0.25) is 4.79 Å². The van der Waals surface area contributed by atoms with Crippen molar-refractivity contribution in [2.45, 2.75) is 45.8 Å². The Morgan fingerprint density at radius 3 is 2.70 bits per heavy atom. The van der Waals surface area contributed by atoms with Crippen LogP contribution in [0.15, 0.2) is 4.42 Å². The van der Waals surface area contributed by atoms with Gasteiger partial charge in [0.2, 0.25) is 11.8 Å². The van der Waals surface area contributed by atoms with Crippen molar-refractivity contribution in [2.24, 2.45) is 0 Å². The fourth-order valence-corrected chi connectivity index (χ4v) is 2.27. The molecular formula is C13H23N5O2. The highest BCUT2D eigenvalue weighted by molar-refractivity contribution is 5.89. The molecule has 0 spiro atoms. The number of nitrogens with zero attached hydrogens (tertiary/aromatic N) is 4. The third-order valence-corrected chi connectivity index (χ3v) is 3.55. The normalized spacial score (nSPS) is 19.0. The van der Waals surface area contributed by atoms with Gasteiger partial charge in [-0.2, -0.15) is 0 Å². The van der Waals surface area contributed by atoms with Gasteiger partial charge in [0.15, 0.2) is 0 Å². The molecule has 1 fully saturated rings. The van der Waals surface area contributed by atoms with Gasteiger partial charge in [0.25, 0.3) is 0 Å².